The topological polar surface area (TPSA) is 92.6 Å². The maximum absolute atomic E-state index is 9.93. The molecule has 0 spiro atoms. The lowest BCUT2D eigenvalue weighted by Crippen LogP contribution is -2.36. The van der Waals surface area contributed by atoms with Gasteiger partial charge in [-0.15, -0.1) is 0 Å². The van der Waals surface area contributed by atoms with Crippen LogP contribution in [0, 0.1) is 0 Å². The van der Waals surface area contributed by atoms with E-state index in [1.807, 2.05) is 30.3 Å². The number of rotatable bonds is 8. The van der Waals surface area contributed by atoms with E-state index in [0.717, 1.165) is 5.56 Å². The van der Waals surface area contributed by atoms with Crippen LogP contribution in [0.15, 0.2) is 30.3 Å². The summed E-state index contributed by atoms with van der Waals surface area (Å²) in [6.07, 6.45) is -0.809. The van der Waals surface area contributed by atoms with Crippen molar-refractivity contribution in [3.63, 3.8) is 0 Å². The van der Waals surface area contributed by atoms with Gasteiger partial charge in [0.05, 0.1) is 0 Å². The molecule has 0 saturated heterocycles. The van der Waals surface area contributed by atoms with Gasteiger partial charge in [0.25, 0.3) is 0 Å². The van der Waals surface area contributed by atoms with Crippen molar-refractivity contribution in [2.24, 2.45) is 0 Å². The standard InChI is InChI=1S/C15H21N5O3/c1-11(21)20(10-23-3)15-18-13(12-7-5-4-6-8-12)17-14(19-15)16-9-22-2/h4-8,11,21H,9-10H2,1-3H3,(H,16,17,18,19). The van der Waals surface area contributed by atoms with Crippen LogP contribution in [0.5, 0.6) is 0 Å². The van der Waals surface area contributed by atoms with E-state index in [1.54, 1.807) is 21.1 Å². The Hall–Kier alpha value is -2.29. The van der Waals surface area contributed by atoms with Gasteiger partial charge in [0.15, 0.2) is 5.82 Å². The lowest BCUT2D eigenvalue weighted by atomic mass is 10.2. The summed E-state index contributed by atoms with van der Waals surface area (Å²) in [5, 5.41) is 12.9. The van der Waals surface area contributed by atoms with E-state index in [4.69, 9.17) is 9.47 Å². The van der Waals surface area contributed by atoms with E-state index in [-0.39, 0.29) is 13.5 Å². The second-order valence-corrected chi connectivity index (χ2v) is 4.78. The number of nitrogens with one attached hydrogen (secondary N) is 1. The summed E-state index contributed by atoms with van der Waals surface area (Å²) in [6, 6.07) is 9.54. The zero-order valence-electron chi connectivity index (χ0n) is 13.4. The quantitative estimate of drug-likeness (QED) is 0.704. The van der Waals surface area contributed by atoms with Gasteiger partial charge in [-0.2, -0.15) is 15.0 Å². The molecule has 23 heavy (non-hydrogen) atoms. The van der Waals surface area contributed by atoms with Crippen LogP contribution in [-0.4, -0.2) is 54.0 Å². The second kappa shape index (κ2) is 8.37. The highest BCUT2D eigenvalue weighted by Gasteiger charge is 2.18. The van der Waals surface area contributed by atoms with Crippen molar-refractivity contribution in [3.05, 3.63) is 30.3 Å². The van der Waals surface area contributed by atoms with Crippen molar-refractivity contribution in [2.45, 2.75) is 13.2 Å². The first-order chi connectivity index (χ1) is 11.2. The largest absolute Gasteiger partial charge is 0.374 e. The smallest absolute Gasteiger partial charge is 0.234 e. The molecule has 8 nitrogen and oxygen atoms in total. The molecule has 0 amide bonds. The summed E-state index contributed by atoms with van der Waals surface area (Å²) in [5.74, 6) is 1.17. The van der Waals surface area contributed by atoms with Crippen LogP contribution < -0.4 is 10.2 Å². The molecular formula is C15H21N5O3. The van der Waals surface area contributed by atoms with E-state index in [9.17, 15) is 5.11 Å². The molecule has 8 heteroatoms. The molecule has 124 valence electrons. The predicted molar refractivity (Wildman–Crippen MR) is 86.8 cm³/mol. The number of methoxy groups -OCH3 is 2. The fraction of sp³-hybridized carbons (Fsp3) is 0.400. The summed E-state index contributed by atoms with van der Waals surface area (Å²) in [7, 11) is 3.11. The molecule has 0 aliphatic rings. The first-order valence-corrected chi connectivity index (χ1v) is 7.13. The molecule has 1 unspecified atom stereocenters. The molecule has 1 heterocycles. The van der Waals surface area contributed by atoms with Crippen LogP contribution in [0.1, 0.15) is 6.92 Å². The Morgan fingerprint density at radius 3 is 2.48 bits per heavy atom. The van der Waals surface area contributed by atoms with Crippen molar-refractivity contribution < 1.29 is 14.6 Å². The SMILES string of the molecule is COCNc1nc(-c2ccccc2)nc(N(COC)C(C)O)n1. The molecule has 0 saturated carbocycles. The molecule has 0 bridgehead atoms. The van der Waals surface area contributed by atoms with E-state index in [0.29, 0.717) is 17.7 Å². The molecule has 1 aromatic carbocycles. The minimum absolute atomic E-state index is 0.152. The summed E-state index contributed by atoms with van der Waals surface area (Å²) >= 11 is 0. The summed E-state index contributed by atoms with van der Waals surface area (Å²) in [6.45, 7) is 2.03. The summed E-state index contributed by atoms with van der Waals surface area (Å²) in [4.78, 5) is 14.6. The third-order valence-corrected chi connectivity index (χ3v) is 3.01. The van der Waals surface area contributed by atoms with E-state index < -0.39 is 6.23 Å². The highest BCUT2D eigenvalue weighted by molar-refractivity contribution is 5.58. The third-order valence-electron chi connectivity index (χ3n) is 3.01. The van der Waals surface area contributed by atoms with Crippen molar-refractivity contribution in [3.8, 4) is 11.4 Å². The van der Waals surface area contributed by atoms with Crippen LogP contribution in [0.25, 0.3) is 11.4 Å². The van der Waals surface area contributed by atoms with Crippen LogP contribution in [0.2, 0.25) is 0 Å². The van der Waals surface area contributed by atoms with Gasteiger partial charge in [0.1, 0.15) is 19.7 Å². The average Bonchev–Trinajstić information content (AvgIpc) is 2.58. The average molecular weight is 319 g/mol. The Labute approximate surface area is 135 Å². The fourth-order valence-electron chi connectivity index (χ4n) is 1.90. The van der Waals surface area contributed by atoms with Gasteiger partial charge in [-0.3, -0.25) is 4.90 Å². The van der Waals surface area contributed by atoms with Gasteiger partial charge in [-0.1, -0.05) is 30.3 Å². The fourth-order valence-corrected chi connectivity index (χ4v) is 1.90. The van der Waals surface area contributed by atoms with Crippen LogP contribution in [0.4, 0.5) is 11.9 Å². The monoisotopic (exact) mass is 319 g/mol. The summed E-state index contributed by atoms with van der Waals surface area (Å²) < 4.78 is 10.1. The number of aliphatic hydroxyl groups excluding tert-OH is 1. The normalized spacial score (nSPS) is 12.0. The molecule has 0 fully saturated rings. The van der Waals surface area contributed by atoms with Gasteiger partial charge < -0.3 is 19.9 Å². The second-order valence-electron chi connectivity index (χ2n) is 4.78. The molecule has 2 rings (SSSR count). The zero-order valence-corrected chi connectivity index (χ0v) is 13.4. The Morgan fingerprint density at radius 1 is 1.13 bits per heavy atom. The van der Waals surface area contributed by atoms with E-state index >= 15 is 0 Å². The maximum Gasteiger partial charge on any atom is 0.234 e. The van der Waals surface area contributed by atoms with Crippen molar-refractivity contribution in [2.75, 3.05) is 37.9 Å². The maximum atomic E-state index is 9.93. The van der Waals surface area contributed by atoms with Gasteiger partial charge >= 0.3 is 0 Å². The lowest BCUT2D eigenvalue weighted by Gasteiger charge is -2.25. The highest BCUT2D eigenvalue weighted by atomic mass is 16.5. The molecule has 2 N–H and O–H groups in total. The number of nitrogens with zero attached hydrogens (tertiary/aromatic N) is 4. The van der Waals surface area contributed by atoms with Crippen LogP contribution in [-0.2, 0) is 9.47 Å². The van der Waals surface area contributed by atoms with Gasteiger partial charge in [-0.25, -0.2) is 0 Å². The zero-order chi connectivity index (χ0) is 16.7. The molecule has 2 aromatic rings. The Balaban J connectivity index is 2.44. The number of aliphatic hydroxyl groups is 1. The highest BCUT2D eigenvalue weighted by Crippen LogP contribution is 2.20. The van der Waals surface area contributed by atoms with Crippen molar-refractivity contribution in [1.29, 1.82) is 0 Å². The van der Waals surface area contributed by atoms with Crippen molar-refractivity contribution >= 4 is 11.9 Å². The minimum Gasteiger partial charge on any atom is -0.374 e. The van der Waals surface area contributed by atoms with Crippen molar-refractivity contribution in [1.82, 2.24) is 15.0 Å². The molecule has 1 aromatic heterocycles. The van der Waals surface area contributed by atoms with Crippen LogP contribution >= 0.6 is 0 Å². The minimum atomic E-state index is -0.809. The summed E-state index contributed by atoms with van der Waals surface area (Å²) in [5.41, 5.74) is 0.847. The predicted octanol–water partition coefficient (Wildman–Crippen LogP) is 1.30. The number of ether oxygens (including phenoxy) is 2. The number of hydrogen-bond acceptors (Lipinski definition) is 8. The molecule has 0 aliphatic heterocycles. The molecule has 0 radical (unpaired) electrons. The lowest BCUT2D eigenvalue weighted by molar-refractivity contribution is 0.122. The Bertz CT molecular complexity index is 609. The third kappa shape index (κ3) is 4.59. The molecular weight excluding hydrogens is 298 g/mol. The van der Waals surface area contributed by atoms with Gasteiger partial charge in [0, 0.05) is 19.8 Å². The first kappa shape index (κ1) is 17.1. The number of hydrogen-bond donors (Lipinski definition) is 2. The first-order valence-electron chi connectivity index (χ1n) is 7.13. The van der Waals surface area contributed by atoms with Gasteiger partial charge in [0.2, 0.25) is 11.9 Å². The number of anilines is 2. The number of benzene rings is 1. The number of aromatic nitrogens is 3. The van der Waals surface area contributed by atoms with E-state index in [2.05, 4.69) is 20.3 Å². The molecule has 1 atom stereocenters. The van der Waals surface area contributed by atoms with Gasteiger partial charge in [-0.05, 0) is 6.92 Å². The molecule has 0 aliphatic carbocycles. The Morgan fingerprint density at radius 2 is 1.87 bits per heavy atom. The van der Waals surface area contributed by atoms with E-state index in [1.165, 1.54) is 4.90 Å². The van der Waals surface area contributed by atoms with Crippen LogP contribution in [0.3, 0.4) is 0 Å². The Kier molecular flexibility index (Phi) is 6.21.